The van der Waals surface area contributed by atoms with Crippen molar-refractivity contribution in [1.29, 1.82) is 0 Å². The second-order valence-corrected chi connectivity index (χ2v) is 6.24. The second kappa shape index (κ2) is 8.29. The van der Waals surface area contributed by atoms with Gasteiger partial charge in [0.1, 0.15) is 5.82 Å². The van der Waals surface area contributed by atoms with E-state index in [1.165, 1.54) is 18.2 Å². The average Bonchev–Trinajstić information content (AvgIpc) is 2.53. The molecule has 0 unspecified atom stereocenters. The third kappa shape index (κ3) is 4.67. The first-order valence-corrected chi connectivity index (χ1v) is 8.43. The number of amides is 2. The molecule has 0 atom stereocenters. The van der Waals surface area contributed by atoms with E-state index in [4.69, 9.17) is 11.6 Å². The van der Waals surface area contributed by atoms with E-state index < -0.39 is 5.82 Å². The summed E-state index contributed by atoms with van der Waals surface area (Å²) in [5.74, 6) is -0.921. The van der Waals surface area contributed by atoms with Crippen LogP contribution in [0, 0.1) is 5.82 Å². The Morgan fingerprint density at radius 2 is 2.04 bits per heavy atom. The van der Waals surface area contributed by atoms with E-state index >= 15 is 0 Å². The fraction of sp³-hybridized carbons (Fsp3) is 0.529. The van der Waals surface area contributed by atoms with Gasteiger partial charge in [0.15, 0.2) is 0 Å². The molecule has 1 fully saturated rings. The number of piperidine rings is 1. The Bertz CT molecular complexity index is 551. The van der Waals surface area contributed by atoms with Gasteiger partial charge in [-0.1, -0.05) is 31.0 Å². The zero-order chi connectivity index (χ0) is 16.8. The standard InChI is InChI=1S/C17H22ClFN2O2/c1-2-3-7-15(22)20-12-8-10-21(11-9-12)17(23)16-13(18)5-4-6-14(16)19/h4-6,12H,2-3,7-11H2,1H3,(H,20,22). The molecule has 0 bridgehead atoms. The van der Waals surface area contributed by atoms with Crippen molar-refractivity contribution < 1.29 is 14.0 Å². The van der Waals surface area contributed by atoms with Gasteiger partial charge in [0.25, 0.3) is 5.91 Å². The van der Waals surface area contributed by atoms with Crippen molar-refractivity contribution in [1.82, 2.24) is 10.2 Å². The maximum atomic E-state index is 13.8. The van der Waals surface area contributed by atoms with Gasteiger partial charge in [-0.2, -0.15) is 0 Å². The van der Waals surface area contributed by atoms with Gasteiger partial charge in [0.05, 0.1) is 10.6 Å². The SMILES string of the molecule is CCCCC(=O)NC1CCN(C(=O)c2c(F)cccc2Cl)CC1. The minimum Gasteiger partial charge on any atom is -0.353 e. The maximum Gasteiger partial charge on any atom is 0.258 e. The Kier molecular flexibility index (Phi) is 6.39. The topological polar surface area (TPSA) is 49.4 Å². The number of hydrogen-bond donors (Lipinski definition) is 1. The van der Waals surface area contributed by atoms with E-state index in [-0.39, 0.29) is 28.4 Å². The number of nitrogens with one attached hydrogen (secondary N) is 1. The second-order valence-electron chi connectivity index (χ2n) is 5.83. The third-order valence-corrected chi connectivity index (χ3v) is 4.40. The van der Waals surface area contributed by atoms with E-state index in [2.05, 4.69) is 5.32 Å². The lowest BCUT2D eigenvalue weighted by Crippen LogP contribution is -2.46. The maximum absolute atomic E-state index is 13.8. The van der Waals surface area contributed by atoms with E-state index in [1.54, 1.807) is 4.90 Å². The van der Waals surface area contributed by atoms with Crippen LogP contribution in [0.15, 0.2) is 18.2 Å². The van der Waals surface area contributed by atoms with E-state index in [1.807, 2.05) is 6.92 Å². The first kappa shape index (κ1) is 17.7. The van der Waals surface area contributed by atoms with E-state index in [0.717, 1.165) is 12.8 Å². The van der Waals surface area contributed by atoms with Crippen molar-refractivity contribution in [2.75, 3.05) is 13.1 Å². The molecule has 1 aliphatic rings. The zero-order valence-corrected chi connectivity index (χ0v) is 14.0. The first-order chi connectivity index (χ1) is 11.0. The molecule has 6 heteroatoms. The molecule has 2 amide bonds. The fourth-order valence-corrected chi connectivity index (χ4v) is 2.97. The average molecular weight is 341 g/mol. The van der Waals surface area contributed by atoms with Crippen molar-refractivity contribution in [3.63, 3.8) is 0 Å². The molecule has 1 aromatic rings. The van der Waals surface area contributed by atoms with Crippen molar-refractivity contribution in [2.24, 2.45) is 0 Å². The van der Waals surface area contributed by atoms with Crippen LogP contribution in [-0.4, -0.2) is 35.8 Å². The summed E-state index contributed by atoms with van der Waals surface area (Å²) >= 11 is 5.95. The summed E-state index contributed by atoms with van der Waals surface area (Å²) in [6.07, 6.45) is 3.77. The molecule has 0 aliphatic carbocycles. The number of rotatable bonds is 5. The largest absolute Gasteiger partial charge is 0.353 e. The molecular formula is C17H22ClFN2O2. The Balaban J connectivity index is 1.89. The number of carbonyl (C=O) groups is 2. The lowest BCUT2D eigenvalue weighted by atomic mass is 10.0. The lowest BCUT2D eigenvalue weighted by molar-refractivity contribution is -0.122. The highest BCUT2D eigenvalue weighted by atomic mass is 35.5. The predicted octanol–water partition coefficient (Wildman–Crippen LogP) is 3.39. The highest BCUT2D eigenvalue weighted by molar-refractivity contribution is 6.33. The number of nitrogens with zero attached hydrogens (tertiary/aromatic N) is 1. The number of benzene rings is 1. The van der Waals surface area contributed by atoms with Gasteiger partial charge in [-0.05, 0) is 31.4 Å². The van der Waals surface area contributed by atoms with Crippen molar-refractivity contribution >= 4 is 23.4 Å². The van der Waals surface area contributed by atoms with Gasteiger partial charge in [0.2, 0.25) is 5.91 Å². The van der Waals surface area contributed by atoms with Gasteiger partial charge < -0.3 is 10.2 Å². The smallest absolute Gasteiger partial charge is 0.258 e. The Morgan fingerprint density at radius 3 is 2.65 bits per heavy atom. The van der Waals surface area contributed by atoms with Gasteiger partial charge >= 0.3 is 0 Å². The summed E-state index contributed by atoms with van der Waals surface area (Å²) in [5, 5.41) is 3.13. The van der Waals surface area contributed by atoms with Crippen molar-refractivity contribution in [3.8, 4) is 0 Å². The van der Waals surface area contributed by atoms with E-state index in [9.17, 15) is 14.0 Å². The third-order valence-electron chi connectivity index (χ3n) is 4.08. The molecule has 1 heterocycles. The molecular weight excluding hydrogens is 319 g/mol. The van der Waals surface area contributed by atoms with Gasteiger partial charge in [-0.15, -0.1) is 0 Å². The Labute approximate surface area is 141 Å². The monoisotopic (exact) mass is 340 g/mol. The Hall–Kier alpha value is -1.62. The van der Waals surface area contributed by atoms with Crippen LogP contribution in [0.2, 0.25) is 5.02 Å². The van der Waals surface area contributed by atoms with Gasteiger partial charge in [-0.3, -0.25) is 9.59 Å². The van der Waals surface area contributed by atoms with Crippen LogP contribution in [0.4, 0.5) is 4.39 Å². The molecule has 0 radical (unpaired) electrons. The normalized spacial score (nSPS) is 15.5. The lowest BCUT2D eigenvalue weighted by Gasteiger charge is -2.32. The molecule has 0 saturated carbocycles. The van der Waals surface area contributed by atoms with Crippen molar-refractivity contribution in [3.05, 3.63) is 34.6 Å². The number of halogens is 2. The molecule has 1 saturated heterocycles. The van der Waals surface area contributed by atoms with Crippen LogP contribution in [0.3, 0.4) is 0 Å². The van der Waals surface area contributed by atoms with Crippen LogP contribution in [0.1, 0.15) is 49.4 Å². The van der Waals surface area contributed by atoms with Crippen LogP contribution >= 0.6 is 11.6 Å². The van der Waals surface area contributed by atoms with Crippen LogP contribution in [-0.2, 0) is 4.79 Å². The minimum absolute atomic E-state index is 0.0637. The quantitative estimate of drug-likeness (QED) is 0.893. The molecule has 1 N–H and O–H groups in total. The number of carbonyl (C=O) groups excluding carboxylic acids is 2. The molecule has 4 nitrogen and oxygen atoms in total. The highest BCUT2D eigenvalue weighted by Crippen LogP contribution is 2.22. The molecule has 2 rings (SSSR count). The van der Waals surface area contributed by atoms with Gasteiger partial charge in [0, 0.05) is 25.6 Å². The molecule has 1 aromatic carbocycles. The summed E-state index contributed by atoms with van der Waals surface area (Å²) < 4.78 is 13.8. The summed E-state index contributed by atoms with van der Waals surface area (Å²) in [5.41, 5.74) is -0.0698. The van der Waals surface area contributed by atoms with Crippen molar-refractivity contribution in [2.45, 2.75) is 45.1 Å². The van der Waals surface area contributed by atoms with Crippen LogP contribution in [0.25, 0.3) is 0 Å². The summed E-state index contributed by atoms with van der Waals surface area (Å²) in [7, 11) is 0. The van der Waals surface area contributed by atoms with E-state index in [0.29, 0.717) is 32.4 Å². The van der Waals surface area contributed by atoms with Gasteiger partial charge in [-0.25, -0.2) is 4.39 Å². The summed E-state index contributed by atoms with van der Waals surface area (Å²) in [6.45, 7) is 3.02. The molecule has 1 aliphatic heterocycles. The fourth-order valence-electron chi connectivity index (χ4n) is 2.72. The molecule has 0 aromatic heterocycles. The predicted molar refractivity (Wildman–Crippen MR) is 88.0 cm³/mol. The Morgan fingerprint density at radius 1 is 1.35 bits per heavy atom. The molecule has 23 heavy (non-hydrogen) atoms. The first-order valence-electron chi connectivity index (χ1n) is 8.05. The molecule has 126 valence electrons. The summed E-state index contributed by atoms with van der Waals surface area (Å²) in [6, 6.07) is 4.31. The number of hydrogen-bond acceptors (Lipinski definition) is 2. The zero-order valence-electron chi connectivity index (χ0n) is 13.3. The number of unbranched alkanes of at least 4 members (excludes halogenated alkanes) is 1. The minimum atomic E-state index is -0.600. The van der Waals surface area contributed by atoms with Crippen LogP contribution < -0.4 is 5.32 Å². The summed E-state index contributed by atoms with van der Waals surface area (Å²) in [4.78, 5) is 25.8. The highest BCUT2D eigenvalue weighted by Gasteiger charge is 2.27. The van der Waals surface area contributed by atoms with Crippen LogP contribution in [0.5, 0.6) is 0 Å². The molecule has 0 spiro atoms. The number of likely N-dealkylation sites (tertiary alicyclic amines) is 1.